The largest absolute Gasteiger partial charge is 0.389 e. The van der Waals surface area contributed by atoms with E-state index in [0.29, 0.717) is 0 Å². The second kappa shape index (κ2) is 32.3. The standard InChI is InChI=1S/2C15H13N.2C6H14O.2Y/c2*1-16-15-11-9-14(10-12-15)8-7-13-5-3-2-4-6-13;2*1-4-6(2)5-7-3;;/h2*2-5,7,9-12,16H,1H3;2*6H,4-5H2,1-3H3;;/q2*-2;;;;/t;;2*6-;;/m..10../s1. The molecule has 4 aromatic carbocycles. The van der Waals surface area contributed by atoms with E-state index >= 15 is 0 Å². The number of ether oxygens (including phenoxy) is 2. The first kappa shape index (κ1) is 48.2. The summed E-state index contributed by atoms with van der Waals surface area (Å²) in [7, 11) is 7.30. The molecular formula is C42H54N2O2Y2-4. The summed E-state index contributed by atoms with van der Waals surface area (Å²) >= 11 is 0. The van der Waals surface area contributed by atoms with E-state index in [1.54, 1.807) is 14.2 Å². The van der Waals surface area contributed by atoms with E-state index in [1.807, 2.05) is 123 Å². The van der Waals surface area contributed by atoms with Gasteiger partial charge in [0.25, 0.3) is 0 Å². The van der Waals surface area contributed by atoms with Crippen LogP contribution in [0.15, 0.2) is 97.1 Å². The van der Waals surface area contributed by atoms with Crippen molar-refractivity contribution in [3.8, 4) is 0 Å². The van der Waals surface area contributed by atoms with Crippen molar-refractivity contribution in [1.82, 2.24) is 0 Å². The van der Waals surface area contributed by atoms with Gasteiger partial charge in [-0.1, -0.05) is 64.8 Å². The predicted molar refractivity (Wildman–Crippen MR) is 199 cm³/mol. The number of rotatable bonds is 12. The second-order valence-electron chi connectivity index (χ2n) is 10.8. The predicted octanol–water partition coefficient (Wildman–Crippen LogP) is 10.1. The van der Waals surface area contributed by atoms with Gasteiger partial charge in [-0.3, -0.25) is 0 Å². The van der Waals surface area contributed by atoms with Gasteiger partial charge in [0.05, 0.1) is 0 Å². The Labute approximate surface area is 343 Å². The quantitative estimate of drug-likeness (QED) is 0.111. The fourth-order valence-corrected chi connectivity index (χ4v) is 3.59. The third-order valence-corrected chi connectivity index (χ3v) is 6.90. The number of anilines is 2. The second-order valence-corrected chi connectivity index (χ2v) is 10.8. The van der Waals surface area contributed by atoms with Crippen LogP contribution >= 0.6 is 0 Å². The minimum Gasteiger partial charge on any atom is -0.389 e. The zero-order chi connectivity index (χ0) is 33.8. The molecule has 0 spiro atoms. The van der Waals surface area contributed by atoms with Gasteiger partial charge in [0, 0.05) is 118 Å². The molecule has 2 N–H and O–H groups in total. The van der Waals surface area contributed by atoms with Crippen LogP contribution in [-0.2, 0) is 74.9 Å². The number of benzene rings is 4. The van der Waals surface area contributed by atoms with Gasteiger partial charge in [-0.2, -0.15) is 71.8 Å². The van der Waals surface area contributed by atoms with Crippen molar-refractivity contribution in [2.24, 2.45) is 11.8 Å². The summed E-state index contributed by atoms with van der Waals surface area (Å²) in [5, 5.41) is 6.17. The fraction of sp³-hybridized carbons (Fsp3) is 0.333. The Balaban J connectivity index is 0. The summed E-state index contributed by atoms with van der Waals surface area (Å²) in [5.41, 5.74) is 6.43. The van der Waals surface area contributed by atoms with Crippen LogP contribution in [0.4, 0.5) is 11.4 Å². The van der Waals surface area contributed by atoms with Crippen LogP contribution < -0.4 is 10.6 Å². The van der Waals surface area contributed by atoms with Gasteiger partial charge in [0.2, 0.25) is 0 Å². The van der Waals surface area contributed by atoms with Crippen molar-refractivity contribution in [2.45, 2.75) is 40.5 Å². The van der Waals surface area contributed by atoms with E-state index in [0.717, 1.165) is 58.7 Å². The molecule has 2 atom stereocenters. The molecule has 0 unspecified atom stereocenters. The molecule has 4 rings (SSSR count). The first-order valence-electron chi connectivity index (χ1n) is 16.0. The molecule has 4 nitrogen and oxygen atoms in total. The summed E-state index contributed by atoms with van der Waals surface area (Å²) in [5.74, 6) is 1.45. The number of methoxy groups -OCH3 is 2. The van der Waals surface area contributed by atoms with Crippen molar-refractivity contribution in [2.75, 3.05) is 52.2 Å². The molecule has 0 bridgehead atoms. The molecule has 0 heterocycles. The van der Waals surface area contributed by atoms with Gasteiger partial charge in [0.15, 0.2) is 0 Å². The van der Waals surface area contributed by atoms with Crippen LogP contribution in [0.3, 0.4) is 0 Å². The Morgan fingerprint density at radius 1 is 0.604 bits per heavy atom. The molecule has 0 saturated heterocycles. The summed E-state index contributed by atoms with van der Waals surface area (Å²) in [4.78, 5) is 0. The monoisotopic (exact) mass is 796 g/mol. The van der Waals surface area contributed by atoms with Crippen LogP contribution in [0.25, 0.3) is 12.2 Å². The zero-order valence-electron chi connectivity index (χ0n) is 30.3. The van der Waals surface area contributed by atoms with E-state index in [9.17, 15) is 0 Å². The normalized spacial score (nSPS) is 11.2. The maximum Gasteiger partial charge on any atom is 0.0487 e. The van der Waals surface area contributed by atoms with Gasteiger partial charge in [-0.25, -0.2) is 23.3 Å². The Bertz CT molecular complexity index is 1210. The first-order chi connectivity index (χ1) is 22.4. The van der Waals surface area contributed by atoms with E-state index < -0.39 is 0 Å². The zero-order valence-corrected chi connectivity index (χ0v) is 36.0. The fourth-order valence-electron chi connectivity index (χ4n) is 3.59. The average Bonchev–Trinajstić information content (AvgIpc) is 3.12. The van der Waals surface area contributed by atoms with Crippen LogP contribution in [0, 0.1) is 36.1 Å². The maximum atomic E-state index is 4.89. The van der Waals surface area contributed by atoms with Crippen molar-refractivity contribution >= 4 is 23.5 Å². The van der Waals surface area contributed by atoms with E-state index in [2.05, 4.69) is 62.6 Å². The Morgan fingerprint density at radius 2 is 0.958 bits per heavy atom. The molecule has 0 aliphatic carbocycles. The number of nitrogens with one attached hydrogen (secondary N) is 2. The molecule has 0 amide bonds. The molecule has 0 aliphatic heterocycles. The minimum atomic E-state index is 0. The van der Waals surface area contributed by atoms with Gasteiger partial charge in [0.1, 0.15) is 0 Å². The van der Waals surface area contributed by atoms with Crippen molar-refractivity contribution in [3.05, 3.63) is 144 Å². The maximum absolute atomic E-state index is 4.89. The number of hydrogen-bond donors (Lipinski definition) is 2. The van der Waals surface area contributed by atoms with Gasteiger partial charge in [-0.15, -0.1) is 36.4 Å². The molecule has 0 aromatic heterocycles. The van der Waals surface area contributed by atoms with Crippen LogP contribution in [0.2, 0.25) is 0 Å². The molecule has 4 aromatic rings. The van der Waals surface area contributed by atoms with Gasteiger partial charge >= 0.3 is 0 Å². The van der Waals surface area contributed by atoms with Crippen molar-refractivity contribution in [1.29, 1.82) is 0 Å². The molecule has 0 aliphatic rings. The Morgan fingerprint density at radius 3 is 1.19 bits per heavy atom. The third kappa shape index (κ3) is 24.3. The summed E-state index contributed by atoms with van der Waals surface area (Å²) in [6, 6.07) is 38.2. The van der Waals surface area contributed by atoms with Crippen LogP contribution in [-0.4, -0.2) is 41.5 Å². The minimum absolute atomic E-state index is 0. The summed E-state index contributed by atoms with van der Waals surface area (Å²) in [6.07, 6.45) is 12.8. The summed E-state index contributed by atoms with van der Waals surface area (Å²) in [6.45, 7) is 10.5. The SMILES string of the molecule is CC[C@@H](C)COC.CC[C@H](C)COC.CNc1ccc([C-]=Cc2[c-]cccc2)cc1.CNc1ccc([C-]=Cc2[c-]cccc2)cc1.[Y].[Y]. The first-order valence-corrected chi connectivity index (χ1v) is 16.0. The van der Waals surface area contributed by atoms with Crippen molar-refractivity contribution < 1.29 is 74.9 Å². The van der Waals surface area contributed by atoms with E-state index in [-0.39, 0.29) is 65.4 Å². The van der Waals surface area contributed by atoms with Crippen molar-refractivity contribution in [3.63, 3.8) is 0 Å². The molecule has 0 saturated carbocycles. The molecule has 0 fully saturated rings. The smallest absolute Gasteiger partial charge is 0.0487 e. The number of hydrogen-bond acceptors (Lipinski definition) is 4. The Kier molecular flexibility index (Phi) is 32.4. The molecular weight excluding hydrogens is 742 g/mol. The van der Waals surface area contributed by atoms with Gasteiger partial charge in [-0.05, 0) is 11.8 Å². The molecule has 254 valence electrons. The van der Waals surface area contributed by atoms with Crippen LogP contribution in [0.1, 0.15) is 62.8 Å². The van der Waals surface area contributed by atoms with Gasteiger partial charge < -0.3 is 20.1 Å². The third-order valence-electron chi connectivity index (χ3n) is 6.90. The Hall–Kier alpha value is -1.91. The molecule has 48 heavy (non-hydrogen) atoms. The van der Waals surface area contributed by atoms with E-state index in [1.165, 1.54) is 12.8 Å². The van der Waals surface area contributed by atoms with Crippen LogP contribution in [0.5, 0.6) is 0 Å². The van der Waals surface area contributed by atoms with E-state index in [4.69, 9.17) is 9.47 Å². The topological polar surface area (TPSA) is 42.5 Å². The molecule has 2 radical (unpaired) electrons. The average molecular weight is 797 g/mol. The molecule has 6 heteroatoms. The summed E-state index contributed by atoms with van der Waals surface area (Å²) < 4.78 is 9.79.